The van der Waals surface area contributed by atoms with Crippen molar-refractivity contribution in [1.82, 2.24) is 0 Å². The molecule has 2 heteroatoms. The van der Waals surface area contributed by atoms with E-state index in [1.54, 1.807) is 0 Å². The summed E-state index contributed by atoms with van der Waals surface area (Å²) < 4.78 is 5.79. The first kappa shape index (κ1) is 14.0. The Morgan fingerprint density at radius 1 is 1.10 bits per heavy atom. The SMILES string of the molecule is CC1CCc2cc(-c3cccc(OC(C)C)c3)ccc2N1. The number of hydrogen-bond donors (Lipinski definition) is 1. The van der Waals surface area contributed by atoms with Crippen molar-refractivity contribution < 1.29 is 4.74 Å². The standard InChI is InChI=1S/C19H23NO/c1-13(2)21-18-6-4-5-15(12-18)16-9-10-19-17(11-16)8-7-14(3)20-19/h4-6,9-14,20H,7-8H2,1-3H3. The van der Waals surface area contributed by atoms with E-state index in [2.05, 4.69) is 62.5 Å². The third-order valence-electron chi connectivity index (χ3n) is 3.89. The van der Waals surface area contributed by atoms with Gasteiger partial charge in [0.15, 0.2) is 0 Å². The predicted molar refractivity (Wildman–Crippen MR) is 89.0 cm³/mol. The number of fused-ring (bicyclic) bond motifs is 1. The summed E-state index contributed by atoms with van der Waals surface area (Å²) in [6.45, 7) is 6.35. The highest BCUT2D eigenvalue weighted by atomic mass is 16.5. The summed E-state index contributed by atoms with van der Waals surface area (Å²) in [5, 5.41) is 3.55. The summed E-state index contributed by atoms with van der Waals surface area (Å²) in [4.78, 5) is 0. The normalized spacial score (nSPS) is 17.2. The van der Waals surface area contributed by atoms with Gasteiger partial charge < -0.3 is 10.1 Å². The second-order valence-corrected chi connectivity index (χ2v) is 6.15. The summed E-state index contributed by atoms with van der Waals surface area (Å²) in [7, 11) is 0. The van der Waals surface area contributed by atoms with E-state index in [-0.39, 0.29) is 6.10 Å². The first-order valence-electron chi connectivity index (χ1n) is 7.78. The molecule has 2 nitrogen and oxygen atoms in total. The summed E-state index contributed by atoms with van der Waals surface area (Å²) >= 11 is 0. The minimum absolute atomic E-state index is 0.203. The Bertz CT molecular complexity index is 633. The third-order valence-corrected chi connectivity index (χ3v) is 3.89. The van der Waals surface area contributed by atoms with Gasteiger partial charge in [0.05, 0.1) is 6.10 Å². The van der Waals surface area contributed by atoms with E-state index in [1.165, 1.54) is 28.8 Å². The molecule has 1 aliphatic rings. The lowest BCUT2D eigenvalue weighted by atomic mass is 9.95. The molecule has 1 heterocycles. The molecule has 1 N–H and O–H groups in total. The van der Waals surface area contributed by atoms with Gasteiger partial charge in [0.25, 0.3) is 0 Å². The Hall–Kier alpha value is -1.96. The van der Waals surface area contributed by atoms with Crippen LogP contribution in [-0.4, -0.2) is 12.1 Å². The van der Waals surface area contributed by atoms with Crippen molar-refractivity contribution in [2.24, 2.45) is 0 Å². The average Bonchev–Trinajstić information content (AvgIpc) is 2.46. The molecule has 1 unspecified atom stereocenters. The molecule has 0 spiro atoms. The zero-order valence-corrected chi connectivity index (χ0v) is 13.0. The van der Waals surface area contributed by atoms with Gasteiger partial charge in [-0.3, -0.25) is 0 Å². The molecule has 0 fully saturated rings. The predicted octanol–water partition coefficient (Wildman–Crippen LogP) is 4.89. The first-order chi connectivity index (χ1) is 10.1. The molecule has 1 aliphatic heterocycles. The van der Waals surface area contributed by atoms with Crippen molar-refractivity contribution in [3.63, 3.8) is 0 Å². The fourth-order valence-electron chi connectivity index (χ4n) is 2.85. The van der Waals surface area contributed by atoms with Crippen LogP contribution in [0.2, 0.25) is 0 Å². The molecule has 0 saturated carbocycles. The van der Waals surface area contributed by atoms with Crippen molar-refractivity contribution in [3.8, 4) is 16.9 Å². The maximum atomic E-state index is 5.79. The fraction of sp³-hybridized carbons (Fsp3) is 0.368. The van der Waals surface area contributed by atoms with Crippen LogP contribution in [0.4, 0.5) is 5.69 Å². The number of benzene rings is 2. The van der Waals surface area contributed by atoms with Crippen molar-refractivity contribution in [2.45, 2.75) is 45.8 Å². The quantitative estimate of drug-likeness (QED) is 0.865. The van der Waals surface area contributed by atoms with Crippen molar-refractivity contribution in [3.05, 3.63) is 48.0 Å². The highest BCUT2D eigenvalue weighted by Gasteiger charge is 2.14. The highest BCUT2D eigenvalue weighted by molar-refractivity contribution is 5.70. The lowest BCUT2D eigenvalue weighted by molar-refractivity contribution is 0.242. The van der Waals surface area contributed by atoms with E-state index in [0.717, 1.165) is 12.2 Å². The van der Waals surface area contributed by atoms with E-state index in [1.807, 2.05) is 6.07 Å². The molecule has 0 aliphatic carbocycles. The van der Waals surface area contributed by atoms with Crippen LogP contribution in [0.3, 0.4) is 0 Å². The van der Waals surface area contributed by atoms with Gasteiger partial charge in [-0.05, 0) is 74.6 Å². The van der Waals surface area contributed by atoms with Crippen molar-refractivity contribution >= 4 is 5.69 Å². The minimum atomic E-state index is 0.203. The Balaban J connectivity index is 1.90. The molecule has 1 atom stereocenters. The van der Waals surface area contributed by atoms with E-state index < -0.39 is 0 Å². The van der Waals surface area contributed by atoms with Crippen LogP contribution >= 0.6 is 0 Å². The van der Waals surface area contributed by atoms with Gasteiger partial charge in [-0.2, -0.15) is 0 Å². The van der Waals surface area contributed by atoms with E-state index >= 15 is 0 Å². The topological polar surface area (TPSA) is 21.3 Å². The molecule has 0 amide bonds. The largest absolute Gasteiger partial charge is 0.491 e. The average molecular weight is 281 g/mol. The van der Waals surface area contributed by atoms with Gasteiger partial charge in [0.1, 0.15) is 5.75 Å². The van der Waals surface area contributed by atoms with Gasteiger partial charge in [0, 0.05) is 11.7 Å². The van der Waals surface area contributed by atoms with Gasteiger partial charge in [-0.15, -0.1) is 0 Å². The van der Waals surface area contributed by atoms with Gasteiger partial charge in [-0.1, -0.05) is 18.2 Å². The Labute approximate surface area is 127 Å². The fourth-order valence-corrected chi connectivity index (χ4v) is 2.85. The van der Waals surface area contributed by atoms with Gasteiger partial charge in [0.2, 0.25) is 0 Å². The van der Waals surface area contributed by atoms with Crippen LogP contribution < -0.4 is 10.1 Å². The van der Waals surface area contributed by atoms with Crippen LogP contribution in [0.5, 0.6) is 5.75 Å². The number of hydrogen-bond acceptors (Lipinski definition) is 2. The van der Waals surface area contributed by atoms with Gasteiger partial charge in [-0.25, -0.2) is 0 Å². The Morgan fingerprint density at radius 3 is 2.71 bits per heavy atom. The highest BCUT2D eigenvalue weighted by Crippen LogP contribution is 2.31. The first-order valence-corrected chi connectivity index (χ1v) is 7.78. The summed E-state index contributed by atoms with van der Waals surface area (Å²) in [6, 6.07) is 15.6. The lowest BCUT2D eigenvalue weighted by Crippen LogP contribution is -2.21. The molecule has 21 heavy (non-hydrogen) atoms. The molecule has 110 valence electrons. The van der Waals surface area contributed by atoms with Crippen molar-refractivity contribution in [1.29, 1.82) is 0 Å². The number of anilines is 1. The zero-order valence-electron chi connectivity index (χ0n) is 13.0. The van der Waals surface area contributed by atoms with E-state index in [4.69, 9.17) is 4.74 Å². The van der Waals surface area contributed by atoms with E-state index in [0.29, 0.717) is 6.04 Å². The lowest BCUT2D eigenvalue weighted by Gasteiger charge is -2.24. The molecule has 0 radical (unpaired) electrons. The second kappa shape index (κ2) is 5.80. The summed E-state index contributed by atoms with van der Waals surface area (Å²) in [5.41, 5.74) is 5.18. The molecule has 0 bridgehead atoms. The summed E-state index contributed by atoms with van der Waals surface area (Å²) in [5.74, 6) is 0.937. The number of aryl methyl sites for hydroxylation is 1. The molecule has 3 rings (SSSR count). The molecule has 0 aromatic heterocycles. The molecular weight excluding hydrogens is 258 g/mol. The van der Waals surface area contributed by atoms with Crippen LogP contribution in [-0.2, 0) is 6.42 Å². The smallest absolute Gasteiger partial charge is 0.120 e. The molecule has 2 aromatic rings. The van der Waals surface area contributed by atoms with Gasteiger partial charge >= 0.3 is 0 Å². The molecule has 0 saturated heterocycles. The number of ether oxygens (including phenoxy) is 1. The van der Waals surface area contributed by atoms with Crippen LogP contribution in [0, 0.1) is 0 Å². The third kappa shape index (κ3) is 3.21. The Morgan fingerprint density at radius 2 is 1.90 bits per heavy atom. The molecule has 2 aromatic carbocycles. The van der Waals surface area contributed by atoms with Crippen molar-refractivity contribution in [2.75, 3.05) is 5.32 Å². The number of rotatable bonds is 3. The van der Waals surface area contributed by atoms with Crippen LogP contribution in [0.1, 0.15) is 32.8 Å². The monoisotopic (exact) mass is 281 g/mol. The minimum Gasteiger partial charge on any atom is -0.491 e. The Kier molecular flexibility index (Phi) is 3.87. The second-order valence-electron chi connectivity index (χ2n) is 6.15. The van der Waals surface area contributed by atoms with Crippen LogP contribution in [0.15, 0.2) is 42.5 Å². The molecular formula is C19H23NO. The zero-order chi connectivity index (χ0) is 14.8. The van der Waals surface area contributed by atoms with E-state index in [9.17, 15) is 0 Å². The maximum Gasteiger partial charge on any atom is 0.120 e. The number of nitrogens with one attached hydrogen (secondary N) is 1. The van der Waals surface area contributed by atoms with Crippen LogP contribution in [0.25, 0.3) is 11.1 Å². The summed E-state index contributed by atoms with van der Waals surface area (Å²) in [6.07, 6.45) is 2.56. The maximum absolute atomic E-state index is 5.79.